The summed E-state index contributed by atoms with van der Waals surface area (Å²) in [5.74, 6) is 0.629. The van der Waals surface area contributed by atoms with Crippen LogP contribution in [0.4, 0.5) is 0 Å². The molecule has 0 N–H and O–H groups in total. The van der Waals surface area contributed by atoms with Gasteiger partial charge in [-0.1, -0.05) is 26.7 Å². The molecule has 0 amide bonds. The van der Waals surface area contributed by atoms with E-state index in [1.807, 2.05) is 5.38 Å². The Morgan fingerprint density at radius 1 is 1.56 bits per heavy atom. The smallest absolute Gasteiger partial charge is 0.143 e. The van der Waals surface area contributed by atoms with Crippen LogP contribution in [0.25, 0.3) is 0 Å². The lowest BCUT2D eigenvalue weighted by Crippen LogP contribution is -2.34. The van der Waals surface area contributed by atoms with Crippen molar-refractivity contribution in [3.05, 3.63) is 16.6 Å². The molecule has 16 heavy (non-hydrogen) atoms. The molecule has 0 saturated heterocycles. The molecule has 1 atom stereocenters. The molecule has 1 fully saturated rings. The number of carbonyl (C=O) groups is 1. The van der Waals surface area contributed by atoms with Crippen LogP contribution in [0.15, 0.2) is 11.6 Å². The van der Waals surface area contributed by atoms with E-state index in [0.717, 1.165) is 11.4 Å². The second-order valence-corrected chi connectivity index (χ2v) is 6.33. The minimum absolute atomic E-state index is 0.187. The fourth-order valence-electron chi connectivity index (χ4n) is 2.70. The summed E-state index contributed by atoms with van der Waals surface area (Å²) >= 11 is 1.58. The Hall–Kier alpha value is -0.700. The molecular formula is C13H19NOS. The Labute approximate surface area is 101 Å². The van der Waals surface area contributed by atoms with Gasteiger partial charge in [0.25, 0.3) is 0 Å². The molecule has 1 aliphatic rings. The molecule has 1 aromatic heterocycles. The van der Waals surface area contributed by atoms with Crippen LogP contribution in [0, 0.1) is 11.3 Å². The minimum Gasteiger partial charge on any atom is -0.299 e. The highest BCUT2D eigenvalue weighted by molar-refractivity contribution is 7.09. The van der Waals surface area contributed by atoms with Gasteiger partial charge < -0.3 is 0 Å². The highest BCUT2D eigenvalue weighted by Gasteiger charge is 2.36. The van der Waals surface area contributed by atoms with Crippen molar-refractivity contribution in [1.29, 1.82) is 0 Å². The molecule has 3 heteroatoms. The number of nitrogens with zero attached hydrogens (tertiary/aromatic N) is 1. The second-order valence-electron chi connectivity index (χ2n) is 5.36. The fraction of sp³-hybridized carbons (Fsp3) is 0.692. The third kappa shape index (κ3) is 2.51. The maximum atomic E-state index is 12.2. The van der Waals surface area contributed by atoms with Gasteiger partial charge in [0, 0.05) is 17.5 Å². The number of Topliss-reactive ketones (excluding diaryl/α,β-unsaturated/α-hetero) is 1. The van der Waals surface area contributed by atoms with Crippen LogP contribution in [0.5, 0.6) is 0 Å². The van der Waals surface area contributed by atoms with Crippen molar-refractivity contribution >= 4 is 17.1 Å². The number of hydrogen-bond acceptors (Lipinski definition) is 3. The van der Waals surface area contributed by atoms with Gasteiger partial charge in [-0.2, -0.15) is 0 Å². The molecule has 1 aliphatic carbocycles. The van der Waals surface area contributed by atoms with E-state index in [1.165, 1.54) is 19.3 Å². The molecular weight excluding hydrogens is 218 g/mol. The van der Waals surface area contributed by atoms with Gasteiger partial charge in [-0.25, -0.2) is 4.98 Å². The predicted octanol–water partition coefficient (Wildman–Crippen LogP) is 3.47. The molecule has 2 nitrogen and oxygen atoms in total. The summed E-state index contributed by atoms with van der Waals surface area (Å²) < 4.78 is 0. The summed E-state index contributed by atoms with van der Waals surface area (Å²) in [6.45, 7) is 4.47. The monoisotopic (exact) mass is 237 g/mol. The summed E-state index contributed by atoms with van der Waals surface area (Å²) in [6, 6.07) is 0. The van der Waals surface area contributed by atoms with Gasteiger partial charge in [0.1, 0.15) is 5.78 Å². The minimum atomic E-state index is 0.187. The molecule has 1 heterocycles. The predicted molar refractivity (Wildman–Crippen MR) is 66.6 cm³/mol. The normalized spacial score (nSPS) is 24.2. The lowest BCUT2D eigenvalue weighted by atomic mass is 9.67. The van der Waals surface area contributed by atoms with E-state index in [9.17, 15) is 4.79 Å². The van der Waals surface area contributed by atoms with Crippen molar-refractivity contribution in [3.63, 3.8) is 0 Å². The largest absolute Gasteiger partial charge is 0.299 e. The van der Waals surface area contributed by atoms with Gasteiger partial charge in [0.05, 0.1) is 11.4 Å². The molecule has 0 aliphatic heterocycles. The molecule has 0 bridgehead atoms. The molecule has 88 valence electrons. The first-order valence-corrected chi connectivity index (χ1v) is 6.89. The average Bonchev–Trinajstić information content (AvgIpc) is 2.69. The molecule has 1 unspecified atom stereocenters. The molecule has 2 rings (SSSR count). The topological polar surface area (TPSA) is 30.0 Å². The molecule has 0 radical (unpaired) electrons. The summed E-state index contributed by atoms with van der Waals surface area (Å²) in [4.78, 5) is 16.4. The van der Waals surface area contributed by atoms with Crippen LogP contribution in [0.3, 0.4) is 0 Å². The zero-order valence-electron chi connectivity index (χ0n) is 10.0. The van der Waals surface area contributed by atoms with Gasteiger partial charge in [-0.05, 0) is 18.3 Å². The van der Waals surface area contributed by atoms with Crippen molar-refractivity contribution in [2.45, 2.75) is 46.0 Å². The van der Waals surface area contributed by atoms with E-state index in [4.69, 9.17) is 0 Å². The number of rotatable bonds is 3. The van der Waals surface area contributed by atoms with Crippen LogP contribution in [0.2, 0.25) is 0 Å². The zero-order valence-corrected chi connectivity index (χ0v) is 10.8. The Bertz CT molecular complexity index is 356. The Morgan fingerprint density at radius 3 is 3.00 bits per heavy atom. The van der Waals surface area contributed by atoms with Crippen molar-refractivity contribution < 1.29 is 4.79 Å². The number of hydrogen-bond donors (Lipinski definition) is 0. The lowest BCUT2D eigenvalue weighted by Gasteiger charge is -2.37. The maximum absolute atomic E-state index is 12.2. The van der Waals surface area contributed by atoms with E-state index in [0.29, 0.717) is 12.2 Å². The van der Waals surface area contributed by atoms with Crippen LogP contribution in [-0.4, -0.2) is 10.8 Å². The van der Waals surface area contributed by atoms with Crippen molar-refractivity contribution in [3.8, 4) is 0 Å². The molecule has 0 spiro atoms. The van der Waals surface area contributed by atoms with Gasteiger partial charge in [0.2, 0.25) is 0 Å². The summed E-state index contributed by atoms with van der Waals surface area (Å²) in [5.41, 5.74) is 0.187. The van der Waals surface area contributed by atoms with Crippen LogP contribution >= 0.6 is 11.3 Å². The lowest BCUT2D eigenvalue weighted by molar-refractivity contribution is -0.127. The number of aromatic nitrogens is 1. The van der Waals surface area contributed by atoms with Crippen LogP contribution in [-0.2, 0) is 11.2 Å². The molecule has 1 aromatic rings. The van der Waals surface area contributed by atoms with Gasteiger partial charge in [-0.3, -0.25) is 4.79 Å². The van der Waals surface area contributed by atoms with Crippen molar-refractivity contribution in [1.82, 2.24) is 4.98 Å². The number of ketones is 1. The third-order valence-corrected chi connectivity index (χ3v) is 4.48. The van der Waals surface area contributed by atoms with Crippen LogP contribution in [0.1, 0.15) is 44.5 Å². The molecule has 0 aromatic carbocycles. The highest BCUT2D eigenvalue weighted by atomic mass is 32.1. The maximum Gasteiger partial charge on any atom is 0.143 e. The second kappa shape index (κ2) is 4.66. The summed E-state index contributed by atoms with van der Waals surface area (Å²) in [6.07, 6.45) is 7.04. The quantitative estimate of drug-likeness (QED) is 0.805. The molecule has 1 saturated carbocycles. The van der Waals surface area contributed by atoms with E-state index in [-0.39, 0.29) is 11.3 Å². The van der Waals surface area contributed by atoms with Crippen LogP contribution < -0.4 is 0 Å². The Kier molecular flexibility index (Phi) is 3.43. The first kappa shape index (κ1) is 11.8. The van der Waals surface area contributed by atoms with Gasteiger partial charge >= 0.3 is 0 Å². The first-order chi connectivity index (χ1) is 7.59. The summed E-state index contributed by atoms with van der Waals surface area (Å²) in [7, 11) is 0. The average molecular weight is 237 g/mol. The fourth-order valence-corrected chi connectivity index (χ4v) is 3.33. The zero-order chi connectivity index (χ0) is 11.6. The van der Waals surface area contributed by atoms with E-state index < -0.39 is 0 Å². The van der Waals surface area contributed by atoms with Crippen molar-refractivity contribution in [2.75, 3.05) is 0 Å². The van der Waals surface area contributed by atoms with E-state index >= 15 is 0 Å². The highest BCUT2D eigenvalue weighted by Crippen LogP contribution is 2.41. The van der Waals surface area contributed by atoms with E-state index in [2.05, 4.69) is 18.8 Å². The Morgan fingerprint density at radius 2 is 2.38 bits per heavy atom. The standard InChI is InChI=1S/C13H19NOS/c1-13(2)6-4-3-5-10(13)11(15)9-12-14-7-8-16-12/h7-8,10H,3-6,9H2,1-2H3. The van der Waals surface area contributed by atoms with E-state index in [1.54, 1.807) is 17.5 Å². The number of carbonyl (C=O) groups excluding carboxylic acids is 1. The van der Waals surface area contributed by atoms with Gasteiger partial charge in [-0.15, -0.1) is 11.3 Å². The van der Waals surface area contributed by atoms with Gasteiger partial charge in [0.15, 0.2) is 0 Å². The Balaban J connectivity index is 2.03. The SMILES string of the molecule is CC1(C)CCCCC1C(=O)Cc1nccs1. The summed E-state index contributed by atoms with van der Waals surface area (Å²) in [5, 5.41) is 2.90. The first-order valence-electron chi connectivity index (χ1n) is 6.01. The third-order valence-electron chi connectivity index (χ3n) is 3.70. The number of thiazole rings is 1. The van der Waals surface area contributed by atoms with Crippen molar-refractivity contribution in [2.24, 2.45) is 11.3 Å².